The molecule has 3 N–H and O–H groups in total. The molecule has 214 valence electrons. The Labute approximate surface area is 245 Å². The van der Waals surface area contributed by atoms with Gasteiger partial charge in [-0.05, 0) is 52.4 Å². The van der Waals surface area contributed by atoms with Crippen LogP contribution in [0.3, 0.4) is 0 Å². The molecule has 1 aromatic heterocycles. The molecule has 3 atom stereocenters. The molecule has 0 aliphatic carbocycles. The molecule has 1 fully saturated rings. The predicted molar refractivity (Wildman–Crippen MR) is 165 cm³/mol. The molecule has 3 unspecified atom stereocenters. The summed E-state index contributed by atoms with van der Waals surface area (Å²) in [5.74, 6) is -1.89. The van der Waals surface area contributed by atoms with Gasteiger partial charge in [-0.2, -0.15) is 0 Å². The highest BCUT2D eigenvalue weighted by Gasteiger charge is 2.48. The summed E-state index contributed by atoms with van der Waals surface area (Å²) in [6.45, 7) is 4.00. The predicted octanol–water partition coefficient (Wildman–Crippen LogP) is 5.31. The van der Waals surface area contributed by atoms with E-state index in [1.165, 1.54) is 0 Å². The second kappa shape index (κ2) is 11.2. The zero-order chi connectivity index (χ0) is 29.4. The minimum absolute atomic E-state index is 0.0328. The van der Waals surface area contributed by atoms with Gasteiger partial charge in [-0.15, -0.1) is 0 Å². The number of amides is 1. The third-order valence-corrected chi connectivity index (χ3v) is 9.67. The molecule has 0 spiro atoms. The number of hydrogen-bond acceptors (Lipinski definition) is 4. The van der Waals surface area contributed by atoms with Crippen LogP contribution in [0.1, 0.15) is 36.6 Å². The normalized spacial score (nSPS) is 18.2. The van der Waals surface area contributed by atoms with Gasteiger partial charge in [0.15, 0.2) is 5.78 Å². The summed E-state index contributed by atoms with van der Waals surface area (Å²) >= 11 is 0. The molecule has 7 nitrogen and oxygen atoms in total. The standard InChI is InChI=1S/C34H33N3O4S/c1-21(2)31-33(38)30(34(39)37-31)29(23-11-4-3-5-12-23)32-27(26-14-8-9-15-28(26)36-32)18-19-35-42(40,41)25-17-16-22-10-6-7-13-24(22)20-25/h3-17,20-21,29-31,35-36H,18-19H2,1-2H3,(H,37,39). The van der Waals surface area contributed by atoms with Crippen LogP contribution in [0.2, 0.25) is 0 Å². The number of ketones is 1. The fourth-order valence-electron chi connectivity index (χ4n) is 6.12. The molecule has 2 heterocycles. The van der Waals surface area contributed by atoms with E-state index in [0.29, 0.717) is 6.42 Å². The smallest absolute Gasteiger partial charge is 0.240 e. The molecular formula is C34H33N3O4S. The van der Waals surface area contributed by atoms with E-state index in [-0.39, 0.29) is 29.0 Å². The van der Waals surface area contributed by atoms with E-state index in [9.17, 15) is 18.0 Å². The summed E-state index contributed by atoms with van der Waals surface area (Å²) in [5, 5.41) is 5.68. The minimum Gasteiger partial charge on any atom is -0.358 e. The zero-order valence-corrected chi connectivity index (χ0v) is 24.3. The van der Waals surface area contributed by atoms with Gasteiger partial charge in [0.2, 0.25) is 15.9 Å². The van der Waals surface area contributed by atoms with E-state index in [4.69, 9.17) is 0 Å². The largest absolute Gasteiger partial charge is 0.358 e. The maximum Gasteiger partial charge on any atom is 0.240 e. The average molecular weight is 580 g/mol. The maximum absolute atomic E-state index is 13.7. The monoisotopic (exact) mass is 579 g/mol. The Hall–Kier alpha value is -4.27. The summed E-state index contributed by atoms with van der Waals surface area (Å²) in [7, 11) is -3.77. The molecule has 4 aromatic carbocycles. The van der Waals surface area contributed by atoms with Crippen LogP contribution in [-0.4, -0.2) is 37.7 Å². The van der Waals surface area contributed by atoms with Crippen molar-refractivity contribution in [2.75, 3.05) is 6.54 Å². The van der Waals surface area contributed by atoms with Crippen molar-refractivity contribution in [2.24, 2.45) is 11.8 Å². The average Bonchev–Trinajstić information content (AvgIpc) is 3.50. The van der Waals surface area contributed by atoms with Crippen molar-refractivity contribution < 1.29 is 18.0 Å². The number of carbonyl (C=O) groups excluding carboxylic acids is 2. The van der Waals surface area contributed by atoms with Crippen molar-refractivity contribution in [1.29, 1.82) is 0 Å². The van der Waals surface area contributed by atoms with Gasteiger partial charge < -0.3 is 10.3 Å². The van der Waals surface area contributed by atoms with E-state index in [0.717, 1.165) is 38.5 Å². The second-order valence-electron chi connectivity index (χ2n) is 11.2. The SMILES string of the molecule is CC(C)C1NC(=O)C(C(c2ccccc2)c2[nH]c3ccccc3c2CCNS(=O)(=O)c2ccc3ccccc3c2)C1=O. The van der Waals surface area contributed by atoms with Crippen molar-refractivity contribution in [3.8, 4) is 0 Å². The van der Waals surface area contributed by atoms with Gasteiger partial charge in [0.05, 0.1) is 10.9 Å². The summed E-state index contributed by atoms with van der Waals surface area (Å²) < 4.78 is 29.3. The lowest BCUT2D eigenvalue weighted by molar-refractivity contribution is -0.128. The Balaban J connectivity index is 1.37. The highest BCUT2D eigenvalue weighted by Crippen LogP contribution is 2.40. The Morgan fingerprint density at radius 2 is 1.52 bits per heavy atom. The topological polar surface area (TPSA) is 108 Å². The quantitative estimate of drug-likeness (QED) is 0.206. The third-order valence-electron chi connectivity index (χ3n) is 8.21. The number of benzene rings is 4. The third kappa shape index (κ3) is 5.12. The number of rotatable bonds is 9. The first kappa shape index (κ1) is 27.9. The molecule has 1 saturated heterocycles. The molecule has 6 rings (SSSR count). The highest BCUT2D eigenvalue weighted by atomic mass is 32.2. The number of nitrogens with one attached hydrogen (secondary N) is 3. The Morgan fingerprint density at radius 3 is 2.26 bits per heavy atom. The van der Waals surface area contributed by atoms with Crippen LogP contribution < -0.4 is 10.0 Å². The molecule has 5 aromatic rings. The Kier molecular flexibility index (Phi) is 7.43. The van der Waals surface area contributed by atoms with Crippen molar-refractivity contribution in [2.45, 2.75) is 37.1 Å². The first-order valence-electron chi connectivity index (χ1n) is 14.2. The zero-order valence-electron chi connectivity index (χ0n) is 23.5. The minimum atomic E-state index is -3.77. The number of para-hydroxylation sites is 1. The number of aromatic amines is 1. The van der Waals surface area contributed by atoms with Gasteiger partial charge in [0, 0.05) is 29.1 Å². The van der Waals surface area contributed by atoms with E-state index < -0.39 is 27.9 Å². The molecule has 8 heteroatoms. The van der Waals surface area contributed by atoms with Crippen LogP contribution in [-0.2, 0) is 26.0 Å². The Morgan fingerprint density at radius 1 is 0.833 bits per heavy atom. The van der Waals surface area contributed by atoms with E-state index in [1.807, 2.05) is 92.7 Å². The van der Waals surface area contributed by atoms with E-state index in [1.54, 1.807) is 18.2 Å². The molecule has 0 saturated carbocycles. The van der Waals surface area contributed by atoms with Gasteiger partial charge in [-0.25, -0.2) is 13.1 Å². The molecule has 0 radical (unpaired) electrons. The van der Waals surface area contributed by atoms with Gasteiger partial charge in [0.1, 0.15) is 5.92 Å². The fraction of sp³-hybridized carbons (Fsp3) is 0.235. The van der Waals surface area contributed by atoms with E-state index >= 15 is 0 Å². The van der Waals surface area contributed by atoms with Crippen molar-refractivity contribution in [3.63, 3.8) is 0 Å². The number of Topliss-reactive ketones (excluding diaryl/α,β-unsaturated/α-hetero) is 1. The number of aromatic nitrogens is 1. The highest BCUT2D eigenvalue weighted by molar-refractivity contribution is 7.89. The lowest BCUT2D eigenvalue weighted by Gasteiger charge is -2.23. The Bertz CT molecular complexity index is 1900. The van der Waals surface area contributed by atoms with Crippen LogP contribution in [0, 0.1) is 11.8 Å². The van der Waals surface area contributed by atoms with Gasteiger partial charge in [0.25, 0.3) is 0 Å². The number of carbonyl (C=O) groups is 2. The number of hydrogen-bond donors (Lipinski definition) is 3. The number of H-pyrrole nitrogens is 1. The van der Waals surface area contributed by atoms with Gasteiger partial charge >= 0.3 is 0 Å². The van der Waals surface area contributed by atoms with Gasteiger partial charge in [-0.1, -0.05) is 92.7 Å². The van der Waals surface area contributed by atoms with Crippen molar-refractivity contribution in [1.82, 2.24) is 15.0 Å². The van der Waals surface area contributed by atoms with Crippen LogP contribution in [0.5, 0.6) is 0 Å². The fourth-order valence-corrected chi connectivity index (χ4v) is 7.18. The van der Waals surface area contributed by atoms with Crippen molar-refractivity contribution in [3.05, 3.63) is 114 Å². The lowest BCUT2D eigenvalue weighted by atomic mass is 9.78. The molecule has 0 bridgehead atoms. The van der Waals surface area contributed by atoms with Crippen LogP contribution >= 0.6 is 0 Å². The van der Waals surface area contributed by atoms with Crippen LogP contribution in [0.4, 0.5) is 0 Å². The second-order valence-corrected chi connectivity index (χ2v) is 13.0. The van der Waals surface area contributed by atoms with E-state index in [2.05, 4.69) is 15.0 Å². The number of sulfonamides is 1. The number of fused-ring (bicyclic) bond motifs is 2. The maximum atomic E-state index is 13.7. The molecule has 1 amide bonds. The lowest BCUT2D eigenvalue weighted by Crippen LogP contribution is -2.34. The molecule has 42 heavy (non-hydrogen) atoms. The molecule has 1 aliphatic heterocycles. The summed E-state index contributed by atoms with van der Waals surface area (Å²) in [5.41, 5.74) is 3.35. The van der Waals surface area contributed by atoms with Crippen LogP contribution in [0.15, 0.2) is 102 Å². The van der Waals surface area contributed by atoms with Gasteiger partial charge in [-0.3, -0.25) is 9.59 Å². The first-order valence-corrected chi connectivity index (χ1v) is 15.7. The summed E-state index contributed by atoms with van der Waals surface area (Å²) in [4.78, 5) is 30.8. The van der Waals surface area contributed by atoms with Crippen LogP contribution in [0.25, 0.3) is 21.7 Å². The van der Waals surface area contributed by atoms with Crippen molar-refractivity contribution >= 4 is 43.4 Å². The molecule has 1 aliphatic rings. The summed E-state index contributed by atoms with van der Waals surface area (Å²) in [6, 6.07) is 29.6. The first-order chi connectivity index (χ1) is 20.2. The molecular weight excluding hydrogens is 546 g/mol. The summed E-state index contributed by atoms with van der Waals surface area (Å²) in [6.07, 6.45) is 0.367.